The van der Waals surface area contributed by atoms with Crippen LogP contribution in [-0.4, -0.2) is 26.3 Å². The second kappa shape index (κ2) is 6.56. The van der Waals surface area contributed by atoms with E-state index in [1.54, 1.807) is 13.8 Å². The number of hydrogen-bond acceptors (Lipinski definition) is 3. The average molecular weight is 362 g/mol. The molecule has 2 atom stereocenters. The summed E-state index contributed by atoms with van der Waals surface area (Å²) >= 11 is 3.40. The molecule has 2 rings (SSSR count). The summed E-state index contributed by atoms with van der Waals surface area (Å²) in [5.74, 6) is 0. The number of benzene rings is 1. The second-order valence-corrected chi connectivity index (χ2v) is 8.49. The number of halogens is 1. The summed E-state index contributed by atoms with van der Waals surface area (Å²) in [4.78, 5) is 0. The Morgan fingerprint density at radius 2 is 1.95 bits per heavy atom. The van der Waals surface area contributed by atoms with Crippen LogP contribution in [0.4, 0.5) is 0 Å². The third-order valence-corrected chi connectivity index (χ3v) is 5.86. The molecule has 0 aliphatic carbocycles. The molecule has 1 aromatic carbocycles. The van der Waals surface area contributed by atoms with Crippen molar-refractivity contribution in [3.63, 3.8) is 0 Å². The van der Waals surface area contributed by atoms with Gasteiger partial charge in [-0.1, -0.05) is 28.1 Å². The fourth-order valence-corrected chi connectivity index (χ4v) is 3.43. The van der Waals surface area contributed by atoms with Crippen LogP contribution < -0.4 is 4.72 Å². The SMILES string of the molecule is CC(C)S(=O)(=O)N[C@@H]1CCCO[C@@H]1c1ccc(Br)cc1. The summed E-state index contributed by atoms with van der Waals surface area (Å²) in [6.45, 7) is 4.03. The van der Waals surface area contributed by atoms with Gasteiger partial charge >= 0.3 is 0 Å². The molecule has 0 unspecified atom stereocenters. The average Bonchev–Trinajstić information content (AvgIpc) is 2.40. The molecule has 0 spiro atoms. The number of nitrogens with one attached hydrogen (secondary N) is 1. The van der Waals surface area contributed by atoms with Crippen LogP contribution >= 0.6 is 15.9 Å². The van der Waals surface area contributed by atoms with Gasteiger partial charge in [0.25, 0.3) is 0 Å². The number of ether oxygens (including phenoxy) is 1. The zero-order valence-corrected chi connectivity index (χ0v) is 14.1. The van der Waals surface area contributed by atoms with E-state index in [-0.39, 0.29) is 12.1 Å². The fraction of sp³-hybridized carbons (Fsp3) is 0.571. The van der Waals surface area contributed by atoms with Crippen LogP contribution in [0.15, 0.2) is 28.7 Å². The smallest absolute Gasteiger partial charge is 0.214 e. The van der Waals surface area contributed by atoms with Crippen molar-refractivity contribution < 1.29 is 13.2 Å². The molecule has 0 radical (unpaired) electrons. The third-order valence-electron chi connectivity index (χ3n) is 3.46. The summed E-state index contributed by atoms with van der Waals surface area (Å²) in [6.07, 6.45) is 1.45. The van der Waals surface area contributed by atoms with Crippen LogP contribution in [0, 0.1) is 0 Å². The van der Waals surface area contributed by atoms with Gasteiger partial charge in [-0.2, -0.15) is 0 Å². The van der Waals surface area contributed by atoms with Gasteiger partial charge in [0.05, 0.1) is 17.4 Å². The first-order chi connectivity index (χ1) is 9.40. The molecule has 1 aliphatic heterocycles. The normalized spacial score (nSPS) is 24.0. The lowest BCUT2D eigenvalue weighted by Gasteiger charge is -2.33. The molecule has 6 heteroatoms. The van der Waals surface area contributed by atoms with Gasteiger partial charge in [0.1, 0.15) is 0 Å². The minimum Gasteiger partial charge on any atom is -0.372 e. The lowest BCUT2D eigenvalue weighted by Crippen LogP contribution is -2.45. The highest BCUT2D eigenvalue weighted by Gasteiger charge is 2.31. The van der Waals surface area contributed by atoms with Crippen LogP contribution in [0.2, 0.25) is 0 Å². The van der Waals surface area contributed by atoms with Crippen molar-refractivity contribution in [1.29, 1.82) is 0 Å². The molecule has 1 heterocycles. The topological polar surface area (TPSA) is 55.4 Å². The summed E-state index contributed by atoms with van der Waals surface area (Å²) in [5.41, 5.74) is 1.00. The molecule has 20 heavy (non-hydrogen) atoms. The van der Waals surface area contributed by atoms with Crippen molar-refractivity contribution in [1.82, 2.24) is 4.72 Å². The van der Waals surface area contributed by atoms with Crippen LogP contribution in [0.25, 0.3) is 0 Å². The van der Waals surface area contributed by atoms with Crippen LogP contribution in [0.3, 0.4) is 0 Å². The molecular formula is C14H20BrNO3S. The Labute approximate surface area is 129 Å². The van der Waals surface area contributed by atoms with E-state index in [0.717, 1.165) is 22.9 Å². The van der Waals surface area contributed by atoms with Crippen molar-refractivity contribution in [2.24, 2.45) is 0 Å². The third kappa shape index (κ3) is 3.81. The Kier molecular flexibility index (Phi) is 5.23. The highest BCUT2D eigenvalue weighted by molar-refractivity contribution is 9.10. The Bertz CT molecular complexity index is 542. The van der Waals surface area contributed by atoms with Crippen molar-refractivity contribution >= 4 is 26.0 Å². The van der Waals surface area contributed by atoms with Crippen molar-refractivity contribution in [2.45, 2.75) is 44.1 Å². The molecule has 0 bridgehead atoms. The predicted octanol–water partition coefficient (Wildman–Crippen LogP) is 3.00. The summed E-state index contributed by atoms with van der Waals surface area (Å²) in [6, 6.07) is 7.63. The van der Waals surface area contributed by atoms with Crippen LogP contribution in [0.5, 0.6) is 0 Å². The van der Waals surface area contributed by atoms with Gasteiger partial charge in [0, 0.05) is 11.1 Å². The molecule has 1 aromatic rings. The van der Waals surface area contributed by atoms with Gasteiger partial charge in [-0.3, -0.25) is 0 Å². The van der Waals surface area contributed by atoms with E-state index >= 15 is 0 Å². The van der Waals surface area contributed by atoms with Crippen LogP contribution in [0.1, 0.15) is 38.4 Å². The minimum atomic E-state index is -3.29. The summed E-state index contributed by atoms with van der Waals surface area (Å²) < 4.78 is 33.7. The first-order valence-corrected chi connectivity index (χ1v) is 9.12. The van der Waals surface area contributed by atoms with Crippen molar-refractivity contribution in [3.8, 4) is 0 Å². The van der Waals surface area contributed by atoms with E-state index in [9.17, 15) is 8.42 Å². The minimum absolute atomic E-state index is 0.197. The molecule has 0 saturated carbocycles. The lowest BCUT2D eigenvalue weighted by atomic mass is 9.97. The van der Waals surface area contributed by atoms with Crippen molar-refractivity contribution in [2.75, 3.05) is 6.61 Å². The van der Waals surface area contributed by atoms with E-state index < -0.39 is 15.3 Å². The molecule has 112 valence electrons. The second-order valence-electron chi connectivity index (χ2n) is 5.30. The fourth-order valence-electron chi connectivity index (χ4n) is 2.23. The molecule has 4 nitrogen and oxygen atoms in total. The quantitative estimate of drug-likeness (QED) is 0.896. The zero-order valence-electron chi connectivity index (χ0n) is 11.7. The Morgan fingerprint density at radius 3 is 2.55 bits per heavy atom. The molecule has 1 N–H and O–H groups in total. The predicted molar refractivity (Wildman–Crippen MR) is 83.0 cm³/mol. The van der Waals surface area contributed by atoms with Gasteiger partial charge in [0.15, 0.2) is 0 Å². The maximum absolute atomic E-state index is 12.1. The molecule has 1 saturated heterocycles. The molecule has 0 amide bonds. The maximum Gasteiger partial charge on any atom is 0.214 e. The molecule has 0 aromatic heterocycles. The van der Waals surface area contributed by atoms with Crippen LogP contribution in [-0.2, 0) is 14.8 Å². The highest BCUT2D eigenvalue weighted by Crippen LogP contribution is 2.30. The van der Waals surface area contributed by atoms with E-state index in [0.29, 0.717) is 6.61 Å². The Morgan fingerprint density at radius 1 is 1.30 bits per heavy atom. The van der Waals surface area contributed by atoms with E-state index in [4.69, 9.17) is 4.74 Å². The molecular weight excluding hydrogens is 342 g/mol. The Balaban J connectivity index is 2.19. The highest BCUT2D eigenvalue weighted by atomic mass is 79.9. The lowest BCUT2D eigenvalue weighted by molar-refractivity contribution is -0.00447. The summed E-state index contributed by atoms with van der Waals surface area (Å²) in [7, 11) is -3.29. The first-order valence-electron chi connectivity index (χ1n) is 6.78. The molecule has 1 fully saturated rings. The van der Waals surface area contributed by atoms with Gasteiger partial charge in [-0.05, 0) is 44.4 Å². The maximum atomic E-state index is 12.1. The largest absolute Gasteiger partial charge is 0.372 e. The Hall–Kier alpha value is -0.430. The van der Waals surface area contributed by atoms with Gasteiger partial charge in [-0.15, -0.1) is 0 Å². The van der Waals surface area contributed by atoms with Crippen molar-refractivity contribution in [3.05, 3.63) is 34.3 Å². The standard InChI is InChI=1S/C14H20BrNO3S/c1-10(2)20(17,18)16-13-4-3-9-19-14(13)11-5-7-12(15)8-6-11/h5-8,10,13-14,16H,3-4,9H2,1-2H3/t13-,14-/m1/s1. The zero-order chi connectivity index (χ0) is 14.8. The van der Waals surface area contributed by atoms with E-state index in [1.807, 2.05) is 24.3 Å². The van der Waals surface area contributed by atoms with E-state index in [1.165, 1.54) is 0 Å². The van der Waals surface area contributed by atoms with Gasteiger partial charge < -0.3 is 4.74 Å². The monoisotopic (exact) mass is 361 g/mol. The van der Waals surface area contributed by atoms with Gasteiger partial charge in [0.2, 0.25) is 10.0 Å². The number of hydrogen-bond donors (Lipinski definition) is 1. The summed E-state index contributed by atoms with van der Waals surface area (Å²) in [5, 5.41) is -0.435. The van der Waals surface area contributed by atoms with E-state index in [2.05, 4.69) is 20.7 Å². The molecule has 1 aliphatic rings. The van der Waals surface area contributed by atoms with Gasteiger partial charge in [-0.25, -0.2) is 13.1 Å². The first kappa shape index (κ1) is 15.9. The number of rotatable bonds is 4. The number of sulfonamides is 1.